The van der Waals surface area contributed by atoms with E-state index in [0.717, 1.165) is 24.1 Å². The summed E-state index contributed by atoms with van der Waals surface area (Å²) in [6.07, 6.45) is 2.34. The SMILES string of the molecule is CN(C)CCCNC(=O)[C@H](Cc1ccc(Cl)cc1Cl)NC(=O)C1(c2ccc(Cl)cc2Cl)CC1. The Morgan fingerprint density at radius 3 is 2.21 bits per heavy atom. The number of rotatable bonds is 10. The van der Waals surface area contributed by atoms with Gasteiger partial charge in [0.15, 0.2) is 0 Å². The summed E-state index contributed by atoms with van der Waals surface area (Å²) in [5.41, 5.74) is 0.694. The summed E-state index contributed by atoms with van der Waals surface area (Å²) in [5, 5.41) is 7.79. The lowest BCUT2D eigenvalue weighted by Gasteiger charge is -2.24. The lowest BCUT2D eigenvalue weighted by Crippen LogP contribution is -2.51. The molecule has 1 atom stereocenters. The molecule has 5 nitrogen and oxygen atoms in total. The molecular weight excluding hydrogens is 504 g/mol. The van der Waals surface area contributed by atoms with Crippen molar-refractivity contribution in [3.8, 4) is 0 Å². The maximum absolute atomic E-state index is 13.4. The molecule has 0 aromatic heterocycles. The van der Waals surface area contributed by atoms with Gasteiger partial charge in [-0.25, -0.2) is 0 Å². The zero-order valence-electron chi connectivity index (χ0n) is 18.6. The molecule has 0 aliphatic heterocycles. The van der Waals surface area contributed by atoms with Gasteiger partial charge < -0.3 is 15.5 Å². The highest BCUT2D eigenvalue weighted by Crippen LogP contribution is 2.51. The second kappa shape index (κ2) is 11.3. The molecular formula is C24H27Cl4N3O2. The van der Waals surface area contributed by atoms with E-state index < -0.39 is 11.5 Å². The van der Waals surface area contributed by atoms with E-state index in [4.69, 9.17) is 46.4 Å². The minimum Gasteiger partial charge on any atom is -0.354 e. The summed E-state index contributed by atoms with van der Waals surface area (Å²) >= 11 is 24.8. The molecule has 0 saturated heterocycles. The van der Waals surface area contributed by atoms with E-state index in [0.29, 0.717) is 39.5 Å². The average molecular weight is 531 g/mol. The smallest absolute Gasteiger partial charge is 0.242 e. The molecule has 1 fully saturated rings. The number of benzene rings is 2. The van der Waals surface area contributed by atoms with Gasteiger partial charge in [-0.2, -0.15) is 0 Å². The number of carbonyl (C=O) groups excluding carboxylic acids is 2. The van der Waals surface area contributed by atoms with Crippen LogP contribution < -0.4 is 10.6 Å². The monoisotopic (exact) mass is 529 g/mol. The van der Waals surface area contributed by atoms with Crippen molar-refractivity contribution in [1.29, 1.82) is 0 Å². The van der Waals surface area contributed by atoms with Crippen molar-refractivity contribution in [3.63, 3.8) is 0 Å². The fourth-order valence-electron chi connectivity index (χ4n) is 3.76. The van der Waals surface area contributed by atoms with Crippen molar-refractivity contribution in [2.24, 2.45) is 0 Å². The summed E-state index contributed by atoms with van der Waals surface area (Å²) in [6, 6.07) is 9.45. The van der Waals surface area contributed by atoms with E-state index in [9.17, 15) is 9.59 Å². The maximum Gasteiger partial charge on any atom is 0.242 e. The van der Waals surface area contributed by atoms with Gasteiger partial charge in [0.1, 0.15) is 6.04 Å². The van der Waals surface area contributed by atoms with Crippen LogP contribution in [0.2, 0.25) is 20.1 Å². The van der Waals surface area contributed by atoms with Crippen LogP contribution in [0.4, 0.5) is 0 Å². The first kappa shape index (κ1) is 26.1. The number of carbonyl (C=O) groups is 2. The highest BCUT2D eigenvalue weighted by molar-refractivity contribution is 6.35. The lowest BCUT2D eigenvalue weighted by molar-refractivity contribution is -0.130. The largest absolute Gasteiger partial charge is 0.354 e. The number of nitrogens with one attached hydrogen (secondary N) is 2. The van der Waals surface area contributed by atoms with Crippen LogP contribution in [0.5, 0.6) is 0 Å². The van der Waals surface area contributed by atoms with E-state index in [-0.39, 0.29) is 18.2 Å². The minimum atomic E-state index is -0.793. The van der Waals surface area contributed by atoms with E-state index in [1.165, 1.54) is 0 Å². The summed E-state index contributed by atoms with van der Waals surface area (Å²) in [6.45, 7) is 1.35. The highest BCUT2D eigenvalue weighted by Gasteiger charge is 2.53. The fourth-order valence-corrected chi connectivity index (χ4v) is 4.84. The van der Waals surface area contributed by atoms with Crippen LogP contribution in [0, 0.1) is 0 Å². The zero-order chi connectivity index (χ0) is 24.2. The van der Waals surface area contributed by atoms with Gasteiger partial charge >= 0.3 is 0 Å². The Hall–Kier alpha value is -1.50. The molecule has 33 heavy (non-hydrogen) atoms. The summed E-state index contributed by atoms with van der Waals surface area (Å²) in [7, 11) is 3.95. The molecule has 2 N–H and O–H groups in total. The maximum atomic E-state index is 13.4. The van der Waals surface area contributed by atoms with Crippen molar-refractivity contribution in [2.75, 3.05) is 27.2 Å². The molecule has 2 aromatic rings. The Bertz CT molecular complexity index is 1020. The van der Waals surface area contributed by atoms with E-state index in [1.807, 2.05) is 19.0 Å². The standard InChI is InChI=1S/C24H27Cl4N3O2/c1-31(2)11-3-10-29-22(32)21(12-15-4-5-16(25)13-19(15)27)30-23(33)24(8-9-24)18-7-6-17(26)14-20(18)28/h4-7,13-14,21H,3,8-12H2,1-2H3,(H,29,32)(H,30,33)/t21-/m0/s1. The topological polar surface area (TPSA) is 61.4 Å². The Kier molecular flexibility index (Phi) is 8.93. The second-order valence-electron chi connectivity index (χ2n) is 8.62. The van der Waals surface area contributed by atoms with Gasteiger partial charge in [0.25, 0.3) is 0 Å². The highest BCUT2D eigenvalue weighted by atomic mass is 35.5. The molecule has 9 heteroatoms. The Labute approximate surface area is 214 Å². The quantitative estimate of drug-likeness (QED) is 0.419. The normalized spacial score (nSPS) is 15.2. The average Bonchev–Trinajstić information content (AvgIpc) is 3.54. The van der Waals surface area contributed by atoms with Crippen LogP contribution in [-0.4, -0.2) is 49.9 Å². The van der Waals surface area contributed by atoms with E-state index in [1.54, 1.807) is 36.4 Å². The molecule has 2 amide bonds. The molecule has 0 heterocycles. The van der Waals surface area contributed by atoms with Crippen LogP contribution in [0.1, 0.15) is 30.4 Å². The molecule has 0 radical (unpaired) electrons. The fraction of sp³-hybridized carbons (Fsp3) is 0.417. The second-order valence-corrected chi connectivity index (χ2v) is 10.3. The van der Waals surface area contributed by atoms with Crippen molar-refractivity contribution in [2.45, 2.75) is 37.1 Å². The summed E-state index contributed by atoms with van der Waals surface area (Å²) < 4.78 is 0. The predicted molar refractivity (Wildman–Crippen MR) is 136 cm³/mol. The Morgan fingerprint density at radius 2 is 1.64 bits per heavy atom. The molecule has 1 saturated carbocycles. The number of hydrogen-bond donors (Lipinski definition) is 2. The molecule has 178 valence electrons. The van der Waals surface area contributed by atoms with Crippen LogP contribution in [0.3, 0.4) is 0 Å². The molecule has 3 rings (SSSR count). The number of amides is 2. The third-order valence-corrected chi connectivity index (χ3v) is 6.91. The van der Waals surface area contributed by atoms with Gasteiger partial charge in [0.05, 0.1) is 5.41 Å². The van der Waals surface area contributed by atoms with Crippen LogP contribution in [0.15, 0.2) is 36.4 Å². The molecule has 2 aromatic carbocycles. The zero-order valence-corrected chi connectivity index (χ0v) is 21.6. The third kappa shape index (κ3) is 6.77. The first-order valence-electron chi connectivity index (χ1n) is 10.8. The van der Waals surface area contributed by atoms with Crippen molar-refractivity contribution >= 4 is 58.2 Å². The first-order valence-corrected chi connectivity index (χ1v) is 12.3. The summed E-state index contributed by atoms with van der Waals surface area (Å²) in [4.78, 5) is 28.5. The first-order chi connectivity index (χ1) is 15.6. The van der Waals surface area contributed by atoms with Gasteiger partial charge in [-0.1, -0.05) is 58.5 Å². The number of halogens is 4. The van der Waals surface area contributed by atoms with Crippen molar-refractivity contribution < 1.29 is 9.59 Å². The predicted octanol–water partition coefficient (Wildman–Crippen LogP) is 5.13. The Balaban J connectivity index is 1.78. The molecule has 1 aliphatic carbocycles. The third-order valence-electron chi connectivity index (χ3n) is 5.77. The number of hydrogen-bond acceptors (Lipinski definition) is 3. The van der Waals surface area contributed by atoms with Crippen molar-refractivity contribution in [3.05, 3.63) is 67.6 Å². The Morgan fingerprint density at radius 1 is 1.00 bits per heavy atom. The van der Waals surface area contributed by atoms with Crippen molar-refractivity contribution in [1.82, 2.24) is 15.5 Å². The van der Waals surface area contributed by atoms with Gasteiger partial charge in [-0.15, -0.1) is 0 Å². The summed E-state index contributed by atoms with van der Waals surface area (Å²) in [5.74, 6) is -0.489. The van der Waals surface area contributed by atoms with Crippen LogP contribution >= 0.6 is 46.4 Å². The molecule has 1 aliphatic rings. The molecule has 0 spiro atoms. The van der Waals surface area contributed by atoms with Gasteiger partial charge in [-0.3, -0.25) is 9.59 Å². The van der Waals surface area contributed by atoms with Crippen LogP contribution in [-0.2, 0) is 21.4 Å². The van der Waals surface area contributed by atoms with Gasteiger partial charge in [-0.05, 0) is 75.3 Å². The van der Waals surface area contributed by atoms with E-state index in [2.05, 4.69) is 10.6 Å². The van der Waals surface area contributed by atoms with Gasteiger partial charge in [0.2, 0.25) is 11.8 Å². The number of nitrogens with zero attached hydrogens (tertiary/aromatic N) is 1. The molecule has 0 unspecified atom stereocenters. The van der Waals surface area contributed by atoms with Crippen LogP contribution in [0.25, 0.3) is 0 Å². The van der Waals surface area contributed by atoms with Gasteiger partial charge in [0, 0.05) is 33.1 Å². The molecule has 0 bridgehead atoms. The van der Waals surface area contributed by atoms with E-state index >= 15 is 0 Å². The lowest BCUT2D eigenvalue weighted by atomic mass is 9.94. The minimum absolute atomic E-state index is 0.231.